The molecule has 96 valence electrons. The number of likely N-dealkylation sites (N-methyl/N-ethyl adjacent to an activating group) is 1. The van der Waals surface area contributed by atoms with Crippen molar-refractivity contribution in [1.29, 1.82) is 0 Å². The first-order chi connectivity index (χ1) is 8.12. The molecule has 0 aromatic carbocycles. The molecule has 0 radical (unpaired) electrons. The van der Waals surface area contributed by atoms with E-state index in [1.807, 2.05) is 6.92 Å². The summed E-state index contributed by atoms with van der Waals surface area (Å²) in [5, 5.41) is 0.495. The SMILES string of the molecule is CCc1nc(Cl)cc(N(CC)C(C)COC)n1. The maximum absolute atomic E-state index is 6.00. The second-order valence-electron chi connectivity index (χ2n) is 3.91. The number of hydrogen-bond donors (Lipinski definition) is 0. The van der Waals surface area contributed by atoms with Gasteiger partial charge in [0.25, 0.3) is 0 Å². The third-order valence-electron chi connectivity index (χ3n) is 2.62. The molecule has 0 saturated carbocycles. The molecule has 1 heterocycles. The average molecular weight is 258 g/mol. The number of rotatable bonds is 6. The maximum atomic E-state index is 6.00. The highest BCUT2D eigenvalue weighted by Crippen LogP contribution is 2.18. The van der Waals surface area contributed by atoms with Crippen LogP contribution in [-0.4, -0.2) is 36.3 Å². The van der Waals surface area contributed by atoms with Gasteiger partial charge in [-0.25, -0.2) is 9.97 Å². The Hall–Kier alpha value is -0.870. The van der Waals surface area contributed by atoms with E-state index in [0.29, 0.717) is 11.8 Å². The molecule has 1 unspecified atom stereocenters. The number of methoxy groups -OCH3 is 1. The molecule has 0 saturated heterocycles. The van der Waals surface area contributed by atoms with Crippen molar-refractivity contribution in [2.75, 3.05) is 25.2 Å². The van der Waals surface area contributed by atoms with Gasteiger partial charge in [0.1, 0.15) is 16.8 Å². The first kappa shape index (κ1) is 14.2. The molecular weight excluding hydrogens is 238 g/mol. The molecule has 1 aromatic rings. The van der Waals surface area contributed by atoms with Gasteiger partial charge >= 0.3 is 0 Å². The Morgan fingerprint density at radius 3 is 2.65 bits per heavy atom. The van der Waals surface area contributed by atoms with Crippen LogP contribution in [0.25, 0.3) is 0 Å². The summed E-state index contributed by atoms with van der Waals surface area (Å²) in [6, 6.07) is 2.07. The van der Waals surface area contributed by atoms with E-state index in [1.54, 1.807) is 13.2 Å². The van der Waals surface area contributed by atoms with Crippen molar-refractivity contribution in [2.24, 2.45) is 0 Å². The fourth-order valence-corrected chi connectivity index (χ4v) is 1.98. The Kier molecular flexibility index (Phi) is 5.65. The quantitative estimate of drug-likeness (QED) is 0.734. The molecule has 0 aliphatic heterocycles. The third kappa shape index (κ3) is 3.82. The molecule has 17 heavy (non-hydrogen) atoms. The van der Waals surface area contributed by atoms with Gasteiger partial charge in [-0.1, -0.05) is 18.5 Å². The van der Waals surface area contributed by atoms with Gasteiger partial charge < -0.3 is 9.64 Å². The van der Waals surface area contributed by atoms with Crippen molar-refractivity contribution in [1.82, 2.24) is 9.97 Å². The van der Waals surface area contributed by atoms with Crippen LogP contribution in [0.5, 0.6) is 0 Å². The van der Waals surface area contributed by atoms with E-state index in [4.69, 9.17) is 16.3 Å². The molecule has 0 amide bonds. The van der Waals surface area contributed by atoms with Crippen LogP contribution < -0.4 is 4.90 Å². The number of aryl methyl sites for hydroxylation is 1. The minimum absolute atomic E-state index is 0.265. The Morgan fingerprint density at radius 1 is 1.41 bits per heavy atom. The van der Waals surface area contributed by atoms with Crippen LogP contribution in [0.2, 0.25) is 5.15 Å². The summed E-state index contributed by atoms with van der Waals surface area (Å²) in [6.07, 6.45) is 0.782. The Bertz CT molecular complexity index is 360. The fourth-order valence-electron chi connectivity index (χ4n) is 1.79. The van der Waals surface area contributed by atoms with E-state index in [2.05, 4.69) is 28.7 Å². The third-order valence-corrected chi connectivity index (χ3v) is 2.81. The summed E-state index contributed by atoms with van der Waals surface area (Å²) in [4.78, 5) is 10.8. The van der Waals surface area contributed by atoms with Gasteiger partial charge in [0, 0.05) is 26.1 Å². The molecular formula is C12H20ClN3O. The Morgan fingerprint density at radius 2 is 2.12 bits per heavy atom. The number of ether oxygens (including phenoxy) is 1. The lowest BCUT2D eigenvalue weighted by Crippen LogP contribution is -2.36. The lowest BCUT2D eigenvalue weighted by Gasteiger charge is -2.28. The smallest absolute Gasteiger partial charge is 0.134 e. The van der Waals surface area contributed by atoms with E-state index >= 15 is 0 Å². The van der Waals surface area contributed by atoms with Gasteiger partial charge in [-0.2, -0.15) is 0 Å². The number of nitrogens with zero attached hydrogens (tertiary/aromatic N) is 3. The summed E-state index contributed by atoms with van der Waals surface area (Å²) in [6.45, 7) is 7.74. The normalized spacial score (nSPS) is 12.5. The second-order valence-corrected chi connectivity index (χ2v) is 4.30. The van der Waals surface area contributed by atoms with Crippen LogP contribution in [0.1, 0.15) is 26.6 Å². The molecule has 4 nitrogen and oxygen atoms in total. The molecule has 1 rings (SSSR count). The van der Waals surface area contributed by atoms with Crippen LogP contribution in [0, 0.1) is 0 Å². The largest absolute Gasteiger partial charge is 0.383 e. The second kappa shape index (κ2) is 6.77. The van der Waals surface area contributed by atoms with Gasteiger partial charge in [-0.05, 0) is 13.8 Å². The highest BCUT2D eigenvalue weighted by atomic mass is 35.5. The monoisotopic (exact) mass is 257 g/mol. The highest BCUT2D eigenvalue weighted by molar-refractivity contribution is 6.29. The number of anilines is 1. The Balaban J connectivity index is 2.98. The van der Waals surface area contributed by atoms with E-state index in [1.165, 1.54) is 0 Å². The van der Waals surface area contributed by atoms with Gasteiger partial charge in [0.2, 0.25) is 0 Å². The zero-order valence-corrected chi connectivity index (χ0v) is 11.7. The maximum Gasteiger partial charge on any atom is 0.134 e. The van der Waals surface area contributed by atoms with Crippen LogP contribution in [0.3, 0.4) is 0 Å². The van der Waals surface area contributed by atoms with Crippen molar-refractivity contribution in [2.45, 2.75) is 33.2 Å². The van der Waals surface area contributed by atoms with Crippen molar-refractivity contribution in [3.63, 3.8) is 0 Å². The first-order valence-electron chi connectivity index (χ1n) is 5.91. The van der Waals surface area contributed by atoms with Crippen molar-refractivity contribution < 1.29 is 4.74 Å². The van der Waals surface area contributed by atoms with E-state index in [-0.39, 0.29) is 6.04 Å². The van der Waals surface area contributed by atoms with Gasteiger partial charge in [-0.15, -0.1) is 0 Å². The van der Waals surface area contributed by atoms with Crippen LogP contribution in [-0.2, 0) is 11.2 Å². The molecule has 0 bridgehead atoms. The lowest BCUT2D eigenvalue weighted by molar-refractivity contribution is 0.181. The van der Waals surface area contributed by atoms with E-state index in [9.17, 15) is 0 Å². The first-order valence-corrected chi connectivity index (χ1v) is 6.29. The average Bonchev–Trinajstić information content (AvgIpc) is 2.29. The summed E-state index contributed by atoms with van der Waals surface area (Å²) < 4.78 is 5.18. The van der Waals surface area contributed by atoms with Crippen molar-refractivity contribution >= 4 is 17.4 Å². The van der Waals surface area contributed by atoms with Gasteiger partial charge in [0.05, 0.1) is 12.6 Å². The van der Waals surface area contributed by atoms with Gasteiger partial charge in [-0.3, -0.25) is 0 Å². The molecule has 0 spiro atoms. The van der Waals surface area contributed by atoms with Gasteiger partial charge in [0.15, 0.2) is 0 Å². The summed E-state index contributed by atoms with van der Waals surface area (Å²) in [5.41, 5.74) is 0. The molecule has 1 atom stereocenters. The number of hydrogen-bond acceptors (Lipinski definition) is 4. The van der Waals surface area contributed by atoms with Crippen LogP contribution >= 0.6 is 11.6 Å². The standard InChI is InChI=1S/C12H20ClN3O/c1-5-11-14-10(13)7-12(15-11)16(6-2)9(3)8-17-4/h7,9H,5-6,8H2,1-4H3. The molecule has 0 aliphatic carbocycles. The van der Waals surface area contributed by atoms with Crippen LogP contribution in [0.15, 0.2) is 6.07 Å². The zero-order valence-electron chi connectivity index (χ0n) is 10.9. The van der Waals surface area contributed by atoms with Crippen molar-refractivity contribution in [3.8, 4) is 0 Å². The molecule has 0 aliphatic rings. The molecule has 1 aromatic heterocycles. The number of aromatic nitrogens is 2. The lowest BCUT2D eigenvalue weighted by atomic mass is 10.3. The predicted molar refractivity (Wildman–Crippen MR) is 70.8 cm³/mol. The molecule has 5 heteroatoms. The zero-order chi connectivity index (χ0) is 12.8. The highest BCUT2D eigenvalue weighted by Gasteiger charge is 2.15. The summed E-state index contributed by atoms with van der Waals surface area (Å²) >= 11 is 6.00. The molecule has 0 N–H and O–H groups in total. The molecule has 0 fully saturated rings. The number of halogens is 1. The minimum atomic E-state index is 0.265. The topological polar surface area (TPSA) is 38.2 Å². The van der Waals surface area contributed by atoms with Crippen LogP contribution in [0.4, 0.5) is 5.82 Å². The summed E-state index contributed by atoms with van der Waals surface area (Å²) in [5.74, 6) is 1.64. The van der Waals surface area contributed by atoms with Crippen molar-refractivity contribution in [3.05, 3.63) is 17.0 Å². The summed E-state index contributed by atoms with van der Waals surface area (Å²) in [7, 11) is 1.70. The predicted octanol–water partition coefficient (Wildman–Crippen LogP) is 2.55. The van der Waals surface area contributed by atoms with E-state index < -0.39 is 0 Å². The minimum Gasteiger partial charge on any atom is -0.383 e. The van der Waals surface area contributed by atoms with E-state index in [0.717, 1.165) is 24.6 Å². The fraction of sp³-hybridized carbons (Fsp3) is 0.667. The Labute approximate surface area is 108 Å².